The highest BCUT2D eigenvalue weighted by molar-refractivity contribution is 5.82. The van der Waals surface area contributed by atoms with Crippen LogP contribution in [0.4, 0.5) is 0 Å². The Kier molecular flexibility index (Phi) is 5.65. The van der Waals surface area contributed by atoms with Crippen LogP contribution in [-0.4, -0.2) is 17.7 Å². The summed E-state index contributed by atoms with van der Waals surface area (Å²) < 4.78 is 6.25. The second-order valence-electron chi connectivity index (χ2n) is 7.56. The molecule has 1 saturated carbocycles. The van der Waals surface area contributed by atoms with E-state index in [9.17, 15) is 4.79 Å². The number of rotatable bonds is 4. The van der Waals surface area contributed by atoms with Gasteiger partial charge in [0.2, 0.25) is 0 Å². The molecule has 3 rings (SSSR count). The van der Waals surface area contributed by atoms with Crippen LogP contribution in [0.5, 0.6) is 5.75 Å². The first-order chi connectivity index (χ1) is 12.5. The number of aliphatic carboxylic acids is 1. The van der Waals surface area contributed by atoms with Crippen LogP contribution < -0.4 is 4.74 Å². The van der Waals surface area contributed by atoms with Crippen molar-refractivity contribution in [1.29, 1.82) is 0 Å². The Morgan fingerprint density at radius 3 is 2.73 bits per heavy atom. The summed E-state index contributed by atoms with van der Waals surface area (Å²) >= 11 is 0. The number of hydrogen-bond acceptors (Lipinski definition) is 2. The molecule has 26 heavy (non-hydrogen) atoms. The average Bonchev–Trinajstić information content (AvgIpc) is 2.77. The second-order valence-corrected chi connectivity index (χ2v) is 7.56. The summed E-state index contributed by atoms with van der Waals surface area (Å²) in [5, 5.41) is 8.95. The van der Waals surface area contributed by atoms with Crippen molar-refractivity contribution >= 4 is 11.5 Å². The molecule has 2 aliphatic rings. The first-order valence-electron chi connectivity index (χ1n) is 9.60. The van der Waals surface area contributed by atoms with Crippen LogP contribution in [0, 0.1) is 5.41 Å². The lowest BCUT2D eigenvalue weighted by Gasteiger charge is -2.33. The topological polar surface area (TPSA) is 46.5 Å². The van der Waals surface area contributed by atoms with Crippen molar-refractivity contribution in [2.75, 3.05) is 6.61 Å². The lowest BCUT2D eigenvalue weighted by Crippen LogP contribution is -2.28. The zero-order chi connectivity index (χ0) is 18.6. The molecule has 1 aliphatic heterocycles. The molecule has 3 nitrogen and oxygen atoms in total. The molecule has 0 unspecified atom stereocenters. The molecule has 0 radical (unpaired) electrons. The number of carboxylic acids is 1. The molecular formula is C23H28O3. The molecule has 1 aromatic carbocycles. The average molecular weight is 352 g/mol. The first kappa shape index (κ1) is 18.5. The molecule has 3 heteroatoms. The van der Waals surface area contributed by atoms with Crippen LogP contribution in [-0.2, 0) is 11.2 Å². The monoisotopic (exact) mass is 352 g/mol. The van der Waals surface area contributed by atoms with Crippen LogP contribution in [0.3, 0.4) is 0 Å². The Hall–Kier alpha value is -2.29. The minimum Gasteiger partial charge on any atom is -0.492 e. The van der Waals surface area contributed by atoms with Crippen molar-refractivity contribution in [3.05, 3.63) is 59.2 Å². The summed E-state index contributed by atoms with van der Waals surface area (Å²) in [5.74, 6) is 0.0168. The third kappa shape index (κ3) is 4.27. The van der Waals surface area contributed by atoms with Gasteiger partial charge in [0, 0.05) is 17.1 Å². The van der Waals surface area contributed by atoms with E-state index in [1.165, 1.54) is 30.9 Å². The lowest BCUT2D eigenvalue weighted by molar-refractivity contribution is -0.131. The number of aryl methyl sites for hydroxylation is 1. The molecule has 0 bridgehead atoms. The van der Waals surface area contributed by atoms with Crippen molar-refractivity contribution in [1.82, 2.24) is 0 Å². The van der Waals surface area contributed by atoms with Gasteiger partial charge in [-0.15, -0.1) is 0 Å². The molecule has 0 saturated heterocycles. The Morgan fingerprint density at radius 2 is 2.04 bits per heavy atom. The smallest absolute Gasteiger partial charge is 0.328 e. The zero-order valence-corrected chi connectivity index (χ0v) is 15.8. The largest absolute Gasteiger partial charge is 0.492 e. The summed E-state index contributed by atoms with van der Waals surface area (Å²) in [6, 6.07) is 6.43. The van der Waals surface area contributed by atoms with Crippen molar-refractivity contribution in [2.45, 2.75) is 52.4 Å². The van der Waals surface area contributed by atoms with Gasteiger partial charge in [-0.1, -0.05) is 50.5 Å². The summed E-state index contributed by atoms with van der Waals surface area (Å²) in [6.07, 6.45) is 14.7. The van der Waals surface area contributed by atoms with Gasteiger partial charge >= 0.3 is 5.97 Å². The Morgan fingerprint density at radius 1 is 1.27 bits per heavy atom. The van der Waals surface area contributed by atoms with Crippen LogP contribution in [0.1, 0.15) is 57.1 Å². The number of allylic oxidation sites excluding steroid dienone is 4. The molecule has 1 fully saturated rings. The fourth-order valence-electron chi connectivity index (χ4n) is 3.97. The molecule has 1 aromatic rings. The van der Waals surface area contributed by atoms with E-state index in [4.69, 9.17) is 9.84 Å². The van der Waals surface area contributed by atoms with Crippen LogP contribution in [0.15, 0.2) is 48.1 Å². The lowest BCUT2D eigenvalue weighted by atomic mass is 9.73. The number of ether oxygens (including phenoxy) is 1. The van der Waals surface area contributed by atoms with Gasteiger partial charge in [-0.2, -0.15) is 0 Å². The van der Waals surface area contributed by atoms with E-state index >= 15 is 0 Å². The first-order valence-corrected chi connectivity index (χ1v) is 9.60. The summed E-state index contributed by atoms with van der Waals surface area (Å²) in [7, 11) is 0. The predicted molar refractivity (Wildman–Crippen MR) is 105 cm³/mol. The number of benzene rings is 1. The molecular weight excluding hydrogens is 324 g/mol. The fraction of sp³-hybridized carbons (Fsp3) is 0.435. The molecule has 1 N–H and O–H groups in total. The van der Waals surface area contributed by atoms with E-state index in [2.05, 4.69) is 37.3 Å². The highest BCUT2D eigenvalue weighted by atomic mass is 16.5. The summed E-state index contributed by atoms with van der Waals surface area (Å²) in [5.41, 5.74) is 4.37. The van der Waals surface area contributed by atoms with E-state index in [-0.39, 0.29) is 5.41 Å². The van der Waals surface area contributed by atoms with E-state index in [0.29, 0.717) is 0 Å². The second kappa shape index (κ2) is 7.94. The van der Waals surface area contributed by atoms with Gasteiger partial charge in [0.15, 0.2) is 0 Å². The van der Waals surface area contributed by atoms with Gasteiger partial charge in [-0.25, -0.2) is 4.79 Å². The van der Waals surface area contributed by atoms with Gasteiger partial charge in [-0.3, -0.25) is 0 Å². The third-order valence-electron chi connectivity index (χ3n) is 5.47. The Labute approximate surface area is 156 Å². The maximum atomic E-state index is 10.9. The maximum absolute atomic E-state index is 10.9. The molecule has 1 aliphatic carbocycles. The van der Waals surface area contributed by atoms with Crippen LogP contribution in [0.2, 0.25) is 0 Å². The minimum atomic E-state index is -0.914. The van der Waals surface area contributed by atoms with Crippen molar-refractivity contribution in [3.8, 4) is 5.75 Å². The van der Waals surface area contributed by atoms with Gasteiger partial charge in [-0.05, 0) is 55.0 Å². The molecule has 1 spiro atoms. The molecule has 1 heterocycles. The molecule has 0 amide bonds. The van der Waals surface area contributed by atoms with Crippen LogP contribution in [0.25, 0.3) is 5.57 Å². The van der Waals surface area contributed by atoms with E-state index in [0.717, 1.165) is 48.3 Å². The maximum Gasteiger partial charge on any atom is 0.328 e. The number of carbonyl (C=O) groups is 1. The van der Waals surface area contributed by atoms with Gasteiger partial charge < -0.3 is 9.84 Å². The number of hydrogen-bond donors (Lipinski definition) is 1. The van der Waals surface area contributed by atoms with Gasteiger partial charge in [0.05, 0.1) is 6.61 Å². The zero-order valence-electron chi connectivity index (χ0n) is 15.8. The standard InChI is InChI=1S/C23H28O3/c1-3-18-8-10-21-20(14-18)19(9-7-17(2)13-22(24)25)15-23(16-26-21)11-5-4-6-12-23/h7-10,13-15H,3-6,11-12,16H2,1-2H3,(H,24,25). The van der Waals surface area contributed by atoms with Crippen molar-refractivity contribution < 1.29 is 14.6 Å². The highest BCUT2D eigenvalue weighted by Gasteiger charge is 2.33. The van der Waals surface area contributed by atoms with E-state index < -0.39 is 5.97 Å². The van der Waals surface area contributed by atoms with Crippen molar-refractivity contribution in [2.24, 2.45) is 5.41 Å². The minimum absolute atomic E-state index is 0.0910. The Balaban J connectivity index is 2.04. The third-order valence-corrected chi connectivity index (χ3v) is 5.47. The summed E-state index contributed by atoms with van der Waals surface area (Å²) in [4.78, 5) is 10.9. The summed E-state index contributed by atoms with van der Waals surface area (Å²) in [6.45, 7) is 4.70. The number of fused-ring (bicyclic) bond motifs is 1. The Bertz CT molecular complexity index is 762. The highest BCUT2D eigenvalue weighted by Crippen LogP contribution is 2.44. The van der Waals surface area contributed by atoms with E-state index in [1.807, 2.05) is 13.0 Å². The van der Waals surface area contributed by atoms with Crippen molar-refractivity contribution in [3.63, 3.8) is 0 Å². The predicted octanol–water partition coefficient (Wildman–Crippen LogP) is 5.56. The van der Waals surface area contributed by atoms with Crippen LogP contribution >= 0.6 is 0 Å². The van der Waals surface area contributed by atoms with Gasteiger partial charge in [0.1, 0.15) is 5.75 Å². The quantitative estimate of drug-likeness (QED) is 0.570. The molecule has 138 valence electrons. The SMILES string of the molecule is CCc1ccc2c(c1)C(C=CC(C)=CC(=O)O)=CC1(CCCCC1)CO2. The molecule has 0 aromatic heterocycles. The van der Waals surface area contributed by atoms with E-state index in [1.54, 1.807) is 0 Å². The fourth-order valence-corrected chi connectivity index (χ4v) is 3.97. The van der Waals surface area contributed by atoms with Gasteiger partial charge in [0.25, 0.3) is 0 Å². The molecule has 0 atom stereocenters. The normalized spacial score (nSPS) is 19.6. The number of carboxylic acid groups (broad SMARTS) is 1.